The fraction of sp³-hybridized carbons (Fsp3) is 0.111. The third-order valence-corrected chi connectivity index (χ3v) is 6.54. The Morgan fingerprint density at radius 1 is 0.839 bits per heavy atom. The van der Waals surface area contributed by atoms with Gasteiger partial charge in [-0.25, -0.2) is 4.98 Å². The third-order valence-electron chi connectivity index (χ3n) is 5.49. The Labute approximate surface area is 185 Å². The van der Waals surface area contributed by atoms with Gasteiger partial charge in [0.15, 0.2) is 5.13 Å². The number of rotatable bonds is 5. The first-order valence-electron chi connectivity index (χ1n) is 10.4. The largest absolute Gasteiger partial charge is 0.283 e. The van der Waals surface area contributed by atoms with Crippen LogP contribution in [-0.4, -0.2) is 10.9 Å². The molecule has 152 valence electrons. The lowest BCUT2D eigenvalue weighted by Crippen LogP contribution is -2.31. The van der Waals surface area contributed by atoms with Crippen LogP contribution in [0, 0.1) is 6.92 Å². The molecule has 0 aliphatic heterocycles. The number of carbonyl (C=O) groups is 1. The smallest absolute Gasteiger partial charge is 0.233 e. The Bertz CT molecular complexity index is 1370. The molecule has 0 saturated carbocycles. The Hall–Kier alpha value is -3.50. The van der Waals surface area contributed by atoms with Gasteiger partial charge in [-0.2, -0.15) is 0 Å². The molecule has 0 fully saturated rings. The summed E-state index contributed by atoms with van der Waals surface area (Å²) < 4.78 is 1.10. The molecule has 0 unspecified atom stereocenters. The van der Waals surface area contributed by atoms with Crippen LogP contribution in [0.1, 0.15) is 16.7 Å². The van der Waals surface area contributed by atoms with Crippen molar-refractivity contribution in [3.05, 3.63) is 108 Å². The average molecular weight is 423 g/mol. The van der Waals surface area contributed by atoms with Gasteiger partial charge in [0.2, 0.25) is 5.91 Å². The second-order valence-corrected chi connectivity index (χ2v) is 8.75. The molecule has 0 aliphatic rings. The van der Waals surface area contributed by atoms with E-state index < -0.39 is 0 Å². The fourth-order valence-corrected chi connectivity index (χ4v) is 4.90. The molecule has 0 spiro atoms. The van der Waals surface area contributed by atoms with Crippen molar-refractivity contribution >= 4 is 43.4 Å². The van der Waals surface area contributed by atoms with Crippen LogP contribution < -0.4 is 4.90 Å². The highest BCUT2D eigenvalue weighted by molar-refractivity contribution is 7.22. The minimum absolute atomic E-state index is 0.0517. The number of hydrogen-bond donors (Lipinski definition) is 0. The van der Waals surface area contributed by atoms with E-state index in [0.29, 0.717) is 13.0 Å². The molecule has 0 N–H and O–H groups in total. The lowest BCUT2D eigenvalue weighted by atomic mass is 10.0. The highest BCUT2D eigenvalue weighted by atomic mass is 32.1. The lowest BCUT2D eigenvalue weighted by Gasteiger charge is -2.20. The van der Waals surface area contributed by atoms with Gasteiger partial charge in [-0.3, -0.25) is 9.69 Å². The molecule has 0 radical (unpaired) electrons. The van der Waals surface area contributed by atoms with Crippen LogP contribution in [0.15, 0.2) is 91.0 Å². The standard InChI is InChI=1S/C27H22N2OS/c1-19-8-7-13-24-26(19)28-27(31-24)29(18-20-9-3-2-4-10-20)25(30)17-21-14-15-22-11-5-6-12-23(22)16-21/h2-16H,17-18H2,1H3. The van der Waals surface area contributed by atoms with Gasteiger partial charge in [0.05, 0.1) is 23.2 Å². The number of aromatic nitrogens is 1. The van der Waals surface area contributed by atoms with Gasteiger partial charge in [-0.1, -0.05) is 96.3 Å². The first kappa shape index (κ1) is 19.5. The van der Waals surface area contributed by atoms with Crippen molar-refractivity contribution in [2.75, 3.05) is 4.90 Å². The van der Waals surface area contributed by atoms with Gasteiger partial charge >= 0.3 is 0 Å². The first-order chi connectivity index (χ1) is 15.2. The number of fused-ring (bicyclic) bond motifs is 2. The summed E-state index contributed by atoms with van der Waals surface area (Å²) in [5.41, 5.74) is 4.20. The summed E-state index contributed by atoms with van der Waals surface area (Å²) in [7, 11) is 0. The second-order valence-electron chi connectivity index (χ2n) is 7.74. The van der Waals surface area contributed by atoms with E-state index in [2.05, 4.69) is 55.5 Å². The average Bonchev–Trinajstić information content (AvgIpc) is 3.23. The summed E-state index contributed by atoms with van der Waals surface area (Å²) in [5, 5.41) is 3.08. The lowest BCUT2D eigenvalue weighted by molar-refractivity contribution is -0.118. The van der Waals surface area contributed by atoms with Gasteiger partial charge in [0.1, 0.15) is 0 Å². The molecule has 5 rings (SSSR count). The molecule has 4 heteroatoms. The van der Waals surface area contributed by atoms with Crippen molar-refractivity contribution in [1.29, 1.82) is 0 Å². The predicted molar refractivity (Wildman–Crippen MR) is 130 cm³/mol. The van der Waals surface area contributed by atoms with Crippen molar-refractivity contribution in [2.24, 2.45) is 0 Å². The molecule has 3 nitrogen and oxygen atoms in total. The summed E-state index contributed by atoms with van der Waals surface area (Å²) in [5.74, 6) is 0.0517. The Morgan fingerprint density at radius 2 is 1.61 bits per heavy atom. The van der Waals surface area contributed by atoms with Crippen molar-refractivity contribution in [3.63, 3.8) is 0 Å². The van der Waals surface area contributed by atoms with Crippen LogP contribution in [0.2, 0.25) is 0 Å². The molecule has 4 aromatic carbocycles. The van der Waals surface area contributed by atoms with Crippen LogP contribution >= 0.6 is 11.3 Å². The molecule has 31 heavy (non-hydrogen) atoms. The van der Waals surface area contributed by atoms with Crippen LogP contribution in [0.3, 0.4) is 0 Å². The third kappa shape index (κ3) is 4.07. The van der Waals surface area contributed by atoms with E-state index in [1.54, 1.807) is 11.3 Å². The first-order valence-corrected chi connectivity index (χ1v) is 11.2. The maximum absolute atomic E-state index is 13.5. The number of para-hydroxylation sites is 1. The van der Waals surface area contributed by atoms with Crippen molar-refractivity contribution in [2.45, 2.75) is 19.9 Å². The van der Waals surface area contributed by atoms with E-state index in [9.17, 15) is 4.79 Å². The van der Waals surface area contributed by atoms with Crippen molar-refractivity contribution < 1.29 is 4.79 Å². The van der Waals surface area contributed by atoms with E-state index in [0.717, 1.165) is 37.4 Å². The topological polar surface area (TPSA) is 33.2 Å². The molecule has 0 aliphatic carbocycles. The zero-order valence-corrected chi connectivity index (χ0v) is 18.1. The van der Waals surface area contributed by atoms with Gasteiger partial charge in [0, 0.05) is 0 Å². The molecule has 1 heterocycles. The van der Waals surface area contributed by atoms with E-state index in [1.807, 2.05) is 47.4 Å². The van der Waals surface area contributed by atoms with E-state index in [4.69, 9.17) is 4.98 Å². The maximum atomic E-state index is 13.5. The number of nitrogens with zero attached hydrogens (tertiary/aromatic N) is 2. The Balaban J connectivity index is 1.50. The molecule has 0 bridgehead atoms. The molecule has 5 aromatic rings. The van der Waals surface area contributed by atoms with Crippen LogP contribution in [0.4, 0.5) is 5.13 Å². The Kier molecular flexibility index (Phi) is 5.23. The number of carbonyl (C=O) groups excluding carboxylic acids is 1. The van der Waals surface area contributed by atoms with E-state index in [-0.39, 0.29) is 5.91 Å². The van der Waals surface area contributed by atoms with E-state index >= 15 is 0 Å². The maximum Gasteiger partial charge on any atom is 0.233 e. The minimum Gasteiger partial charge on any atom is -0.283 e. The zero-order valence-electron chi connectivity index (χ0n) is 17.3. The number of aryl methyl sites for hydroxylation is 1. The molecule has 1 aromatic heterocycles. The summed E-state index contributed by atoms with van der Waals surface area (Å²) in [6, 6.07) is 30.7. The minimum atomic E-state index is 0.0517. The number of hydrogen-bond acceptors (Lipinski definition) is 3. The number of benzene rings is 4. The molecule has 0 saturated heterocycles. The van der Waals surface area contributed by atoms with E-state index in [1.165, 1.54) is 5.39 Å². The summed E-state index contributed by atoms with van der Waals surface area (Å²) in [6.45, 7) is 2.57. The highest BCUT2D eigenvalue weighted by Gasteiger charge is 2.21. The van der Waals surface area contributed by atoms with Crippen LogP contribution in [0.5, 0.6) is 0 Å². The van der Waals surface area contributed by atoms with Crippen LogP contribution in [0.25, 0.3) is 21.0 Å². The van der Waals surface area contributed by atoms with Gasteiger partial charge in [0.25, 0.3) is 0 Å². The second kappa shape index (κ2) is 8.32. The highest BCUT2D eigenvalue weighted by Crippen LogP contribution is 2.32. The Morgan fingerprint density at radius 3 is 2.42 bits per heavy atom. The summed E-state index contributed by atoms with van der Waals surface area (Å²) >= 11 is 1.57. The normalized spacial score (nSPS) is 11.1. The van der Waals surface area contributed by atoms with Gasteiger partial charge in [-0.05, 0) is 40.5 Å². The monoisotopic (exact) mass is 422 g/mol. The quantitative estimate of drug-likeness (QED) is 0.322. The number of thiazole rings is 1. The van der Waals surface area contributed by atoms with Crippen LogP contribution in [-0.2, 0) is 17.8 Å². The van der Waals surface area contributed by atoms with Gasteiger partial charge < -0.3 is 0 Å². The number of anilines is 1. The fourth-order valence-electron chi connectivity index (χ4n) is 3.84. The van der Waals surface area contributed by atoms with Gasteiger partial charge in [-0.15, -0.1) is 0 Å². The zero-order chi connectivity index (χ0) is 21.2. The molecular formula is C27H22N2OS. The molecule has 0 atom stereocenters. The molecular weight excluding hydrogens is 400 g/mol. The summed E-state index contributed by atoms with van der Waals surface area (Å²) in [4.78, 5) is 20.2. The SMILES string of the molecule is Cc1cccc2sc(N(Cc3ccccc3)C(=O)Cc3ccc4ccccc4c3)nc12. The van der Waals surface area contributed by atoms with Crippen molar-refractivity contribution in [3.8, 4) is 0 Å². The van der Waals surface area contributed by atoms with Crippen molar-refractivity contribution in [1.82, 2.24) is 4.98 Å². The summed E-state index contributed by atoms with van der Waals surface area (Å²) in [6.07, 6.45) is 0.340. The predicted octanol–water partition coefficient (Wildman–Crippen LogP) is 6.53. The molecule has 1 amide bonds. The number of amides is 1.